The van der Waals surface area contributed by atoms with Crippen LogP contribution in [-0.2, 0) is 20.8 Å². The van der Waals surface area contributed by atoms with E-state index in [2.05, 4.69) is 0 Å². The predicted molar refractivity (Wildman–Crippen MR) is 160 cm³/mol. The zero-order valence-corrected chi connectivity index (χ0v) is 25.0. The SMILES string of the molecule is CC(=O)C1=C(O)[C@]2(O)C(=O)C3=C(O)c4c(O)ccc(C5=Cc6ccccc6C5)c4[C@@H](C)[C@]3(C)[C@@H](O)[C@]2(C)C(C(C)C)C1=O. The summed E-state index contributed by atoms with van der Waals surface area (Å²) in [6, 6.07) is 11.1. The van der Waals surface area contributed by atoms with E-state index in [0.717, 1.165) is 29.2 Å². The molecule has 4 aliphatic rings. The number of aliphatic hydroxyl groups is 4. The number of carbonyl (C=O) groups is 3. The molecule has 2 aromatic rings. The van der Waals surface area contributed by atoms with Crippen molar-refractivity contribution in [2.45, 2.75) is 65.6 Å². The van der Waals surface area contributed by atoms with E-state index in [4.69, 9.17) is 0 Å². The van der Waals surface area contributed by atoms with Crippen LogP contribution in [-0.4, -0.2) is 54.6 Å². The Morgan fingerprint density at radius 1 is 1.02 bits per heavy atom. The third-order valence-electron chi connectivity index (χ3n) is 10.9. The normalized spacial score (nSPS) is 33.2. The molecule has 4 aliphatic carbocycles. The van der Waals surface area contributed by atoms with Crippen molar-refractivity contribution in [1.29, 1.82) is 0 Å². The Morgan fingerprint density at radius 3 is 2.28 bits per heavy atom. The molecule has 0 aliphatic heterocycles. The van der Waals surface area contributed by atoms with Gasteiger partial charge in [0.2, 0.25) is 5.78 Å². The summed E-state index contributed by atoms with van der Waals surface area (Å²) in [5.41, 5.74) is -3.17. The molecule has 0 bridgehead atoms. The molecule has 0 radical (unpaired) electrons. The molecule has 8 heteroatoms. The van der Waals surface area contributed by atoms with Crippen LogP contribution < -0.4 is 0 Å². The number of Topliss-reactive ketones (excluding diaryl/α,β-unsaturated/α-hetero) is 3. The number of phenolic OH excluding ortho intramolecular Hbond substituents is 1. The lowest BCUT2D eigenvalue weighted by molar-refractivity contribution is -0.215. The van der Waals surface area contributed by atoms with Gasteiger partial charge in [-0.15, -0.1) is 0 Å². The van der Waals surface area contributed by atoms with E-state index in [1.807, 2.05) is 30.3 Å². The molecule has 6 rings (SSSR count). The van der Waals surface area contributed by atoms with Crippen molar-refractivity contribution in [2.24, 2.45) is 22.7 Å². The molecule has 0 spiro atoms. The second kappa shape index (κ2) is 9.00. The summed E-state index contributed by atoms with van der Waals surface area (Å²) in [4.78, 5) is 41.0. The maximum atomic E-state index is 14.6. The summed E-state index contributed by atoms with van der Waals surface area (Å²) in [7, 11) is 0. The van der Waals surface area contributed by atoms with Crippen molar-refractivity contribution in [2.75, 3.05) is 0 Å². The molecule has 0 aromatic heterocycles. The molecule has 0 saturated heterocycles. The number of benzene rings is 2. The minimum Gasteiger partial charge on any atom is -0.508 e. The van der Waals surface area contributed by atoms with Gasteiger partial charge in [0, 0.05) is 16.7 Å². The molecule has 6 atom stereocenters. The van der Waals surface area contributed by atoms with Gasteiger partial charge >= 0.3 is 0 Å². The predicted octanol–water partition coefficient (Wildman–Crippen LogP) is 4.82. The summed E-state index contributed by atoms with van der Waals surface area (Å²) in [5, 5.41) is 59.0. The second-order valence-corrected chi connectivity index (χ2v) is 13.3. The zero-order valence-electron chi connectivity index (χ0n) is 25.0. The van der Waals surface area contributed by atoms with Crippen molar-refractivity contribution in [3.63, 3.8) is 0 Å². The first-order chi connectivity index (χ1) is 20.1. The van der Waals surface area contributed by atoms with Gasteiger partial charge in [-0.3, -0.25) is 14.4 Å². The van der Waals surface area contributed by atoms with Crippen molar-refractivity contribution in [3.05, 3.63) is 81.1 Å². The van der Waals surface area contributed by atoms with Gasteiger partial charge in [0.05, 0.1) is 17.2 Å². The monoisotopic (exact) mass is 584 g/mol. The van der Waals surface area contributed by atoms with E-state index in [-0.39, 0.29) is 16.9 Å². The van der Waals surface area contributed by atoms with Crippen LogP contribution in [0.1, 0.15) is 75.3 Å². The molecule has 0 amide bonds. The highest BCUT2D eigenvalue weighted by Crippen LogP contribution is 2.68. The van der Waals surface area contributed by atoms with E-state index in [1.165, 1.54) is 13.0 Å². The molecule has 1 unspecified atom stereocenters. The average molecular weight is 585 g/mol. The van der Waals surface area contributed by atoms with E-state index in [0.29, 0.717) is 12.0 Å². The Morgan fingerprint density at radius 2 is 1.67 bits per heavy atom. The number of aliphatic hydroxyl groups excluding tert-OH is 3. The lowest BCUT2D eigenvalue weighted by Crippen LogP contribution is -2.75. The maximum Gasteiger partial charge on any atom is 0.203 e. The Balaban J connectivity index is 1.67. The van der Waals surface area contributed by atoms with Gasteiger partial charge in [-0.2, -0.15) is 0 Å². The van der Waals surface area contributed by atoms with Crippen LogP contribution in [0.25, 0.3) is 17.4 Å². The van der Waals surface area contributed by atoms with Gasteiger partial charge in [0.15, 0.2) is 17.2 Å². The third kappa shape index (κ3) is 3.25. The summed E-state index contributed by atoms with van der Waals surface area (Å²) in [6.45, 7) is 9.23. The van der Waals surface area contributed by atoms with Crippen LogP contribution >= 0.6 is 0 Å². The quantitative estimate of drug-likeness (QED) is 0.322. The number of ketones is 3. The standard InChI is InChI=1S/C35H36O8/c1-15(2)26-28(38)24(17(4)36)30(40)35(43)31(41)27-29(39)25-22(37)12-11-21(20-13-18-9-7-8-10-19(18)14-20)23(25)16(3)33(27,5)32(42)34(26,35)6/h7-13,15-16,26,32,37,39-40,42-43H,14H2,1-6H3/t16-,26?,32-,33+,34+,35+/m1/s1. The Bertz CT molecular complexity index is 1760. The molecule has 2 aromatic carbocycles. The fourth-order valence-corrected chi connectivity index (χ4v) is 8.73. The molecule has 224 valence electrons. The molecule has 5 N–H and O–H groups in total. The number of phenols is 1. The minimum absolute atomic E-state index is 0.00430. The summed E-state index contributed by atoms with van der Waals surface area (Å²) in [6.07, 6.45) is 0.972. The van der Waals surface area contributed by atoms with Crippen LogP contribution in [0.3, 0.4) is 0 Å². The smallest absolute Gasteiger partial charge is 0.203 e. The largest absolute Gasteiger partial charge is 0.508 e. The van der Waals surface area contributed by atoms with Crippen LogP contribution in [0, 0.1) is 22.7 Å². The van der Waals surface area contributed by atoms with Gasteiger partial charge in [-0.05, 0) is 59.1 Å². The summed E-state index contributed by atoms with van der Waals surface area (Å²) >= 11 is 0. The van der Waals surface area contributed by atoms with Crippen LogP contribution in [0.15, 0.2) is 53.3 Å². The molecule has 8 nitrogen and oxygen atoms in total. The molecular weight excluding hydrogens is 548 g/mol. The highest BCUT2D eigenvalue weighted by molar-refractivity contribution is 6.24. The second-order valence-electron chi connectivity index (χ2n) is 13.3. The number of hydrogen-bond acceptors (Lipinski definition) is 8. The Labute approximate surface area is 249 Å². The minimum atomic E-state index is -2.90. The Kier molecular flexibility index (Phi) is 6.09. The van der Waals surface area contributed by atoms with Crippen molar-refractivity contribution in [1.82, 2.24) is 0 Å². The summed E-state index contributed by atoms with van der Waals surface area (Å²) in [5.74, 6) is -7.24. The van der Waals surface area contributed by atoms with Crippen molar-refractivity contribution >= 4 is 34.8 Å². The van der Waals surface area contributed by atoms with E-state index in [9.17, 15) is 39.9 Å². The van der Waals surface area contributed by atoms with Gasteiger partial charge < -0.3 is 25.5 Å². The maximum absolute atomic E-state index is 14.6. The van der Waals surface area contributed by atoms with Gasteiger partial charge in [0.25, 0.3) is 0 Å². The van der Waals surface area contributed by atoms with E-state index in [1.54, 1.807) is 33.8 Å². The zero-order chi connectivity index (χ0) is 31.5. The number of aromatic hydroxyl groups is 1. The molecule has 0 heterocycles. The van der Waals surface area contributed by atoms with Gasteiger partial charge in [-0.25, -0.2) is 0 Å². The highest BCUT2D eigenvalue weighted by Gasteiger charge is 2.77. The number of carbonyl (C=O) groups excluding carboxylic acids is 3. The first-order valence-electron chi connectivity index (χ1n) is 14.6. The third-order valence-corrected chi connectivity index (χ3v) is 10.9. The fourth-order valence-electron chi connectivity index (χ4n) is 8.73. The van der Waals surface area contributed by atoms with Crippen LogP contribution in [0.5, 0.6) is 5.75 Å². The number of rotatable bonds is 3. The highest BCUT2D eigenvalue weighted by atomic mass is 16.4. The van der Waals surface area contributed by atoms with Crippen molar-refractivity contribution < 1.29 is 39.9 Å². The van der Waals surface area contributed by atoms with E-state index < -0.39 is 74.7 Å². The molecular formula is C35H36O8. The topological polar surface area (TPSA) is 152 Å². The average Bonchev–Trinajstić information content (AvgIpc) is 3.37. The lowest BCUT2D eigenvalue weighted by atomic mass is 9.40. The van der Waals surface area contributed by atoms with Crippen LogP contribution in [0.4, 0.5) is 0 Å². The number of hydrogen-bond donors (Lipinski definition) is 5. The molecule has 1 saturated carbocycles. The first kappa shape index (κ1) is 29.1. The Hall–Kier alpha value is -4.01. The molecule has 1 fully saturated rings. The first-order valence-corrected chi connectivity index (χ1v) is 14.6. The lowest BCUT2D eigenvalue weighted by Gasteiger charge is -2.63. The van der Waals surface area contributed by atoms with Crippen LogP contribution in [0.2, 0.25) is 0 Å². The van der Waals surface area contributed by atoms with Gasteiger partial charge in [0.1, 0.15) is 22.8 Å². The van der Waals surface area contributed by atoms with E-state index >= 15 is 0 Å². The van der Waals surface area contributed by atoms with Crippen molar-refractivity contribution in [3.8, 4) is 5.75 Å². The summed E-state index contributed by atoms with van der Waals surface area (Å²) < 4.78 is 0. The number of allylic oxidation sites excluding steroid dienone is 2. The fraction of sp³-hybridized carbons (Fsp3) is 0.400. The molecule has 43 heavy (non-hydrogen) atoms. The number of fused-ring (bicyclic) bond motifs is 4. The van der Waals surface area contributed by atoms with Gasteiger partial charge in [-0.1, -0.05) is 71.0 Å².